The second-order valence-corrected chi connectivity index (χ2v) is 5.42. The Bertz CT molecular complexity index is 614. The number of hydrogen-bond donors (Lipinski definition) is 1. The summed E-state index contributed by atoms with van der Waals surface area (Å²) in [6, 6.07) is 14.5. The summed E-state index contributed by atoms with van der Waals surface area (Å²) in [6.07, 6.45) is 0. The Balaban J connectivity index is 2.02. The van der Waals surface area contributed by atoms with E-state index in [9.17, 15) is 4.79 Å². The van der Waals surface area contributed by atoms with E-state index in [1.54, 1.807) is 12.1 Å². The maximum Gasteiger partial charge on any atom is 0.255 e. The molecule has 2 aromatic rings. The first-order chi connectivity index (χ1) is 10.7. The number of para-hydroxylation sites is 2. The van der Waals surface area contributed by atoms with Crippen LogP contribution in [0, 0.1) is 0 Å². The van der Waals surface area contributed by atoms with Crippen LogP contribution in [0.25, 0.3) is 0 Å². The number of amides is 1. The molecule has 0 fully saturated rings. The summed E-state index contributed by atoms with van der Waals surface area (Å²) < 4.78 is 11.8. The van der Waals surface area contributed by atoms with E-state index in [-0.39, 0.29) is 5.91 Å². The predicted molar refractivity (Wildman–Crippen MR) is 90.5 cm³/mol. The van der Waals surface area contributed by atoms with E-state index in [0.717, 1.165) is 4.47 Å². The van der Waals surface area contributed by atoms with Gasteiger partial charge in [-0.2, -0.15) is 0 Å². The minimum Gasteiger partial charge on any atom is -0.489 e. The molecule has 0 aliphatic rings. The average molecular weight is 364 g/mol. The molecule has 116 valence electrons. The zero-order chi connectivity index (χ0) is 15.8. The molecule has 1 N–H and O–H groups in total. The molecule has 22 heavy (non-hydrogen) atoms. The molecule has 0 heterocycles. The van der Waals surface area contributed by atoms with Gasteiger partial charge in [-0.1, -0.05) is 28.1 Å². The quantitative estimate of drug-likeness (QED) is 0.752. The van der Waals surface area contributed by atoms with Crippen LogP contribution in [0.3, 0.4) is 0 Å². The van der Waals surface area contributed by atoms with Gasteiger partial charge in [-0.05, 0) is 43.3 Å². The van der Waals surface area contributed by atoms with Crippen molar-refractivity contribution in [2.24, 2.45) is 0 Å². The van der Waals surface area contributed by atoms with Crippen LogP contribution >= 0.6 is 15.9 Å². The van der Waals surface area contributed by atoms with Crippen molar-refractivity contribution in [1.82, 2.24) is 0 Å². The van der Waals surface area contributed by atoms with E-state index in [1.165, 1.54) is 0 Å². The Kier molecular flexibility index (Phi) is 6.43. The molecule has 0 atom stereocenters. The van der Waals surface area contributed by atoms with Crippen LogP contribution in [0.1, 0.15) is 17.3 Å². The number of rotatable bonds is 7. The molecule has 0 aliphatic carbocycles. The maximum absolute atomic E-state index is 12.2. The third kappa shape index (κ3) is 4.86. The van der Waals surface area contributed by atoms with Crippen LogP contribution in [-0.2, 0) is 4.74 Å². The van der Waals surface area contributed by atoms with Crippen molar-refractivity contribution in [2.45, 2.75) is 6.92 Å². The fourth-order valence-electron chi connectivity index (χ4n) is 1.85. The van der Waals surface area contributed by atoms with E-state index in [0.29, 0.717) is 36.8 Å². The Morgan fingerprint density at radius 2 is 1.82 bits per heavy atom. The van der Waals surface area contributed by atoms with Gasteiger partial charge in [0, 0.05) is 16.6 Å². The standard InChI is InChI=1S/C17H18BrNO3/c1-2-21-11-12-22-16-6-4-3-5-15(16)19-17(20)13-7-9-14(18)10-8-13/h3-10H,2,11-12H2,1H3,(H,19,20). The normalized spacial score (nSPS) is 10.3. The zero-order valence-electron chi connectivity index (χ0n) is 12.3. The van der Waals surface area contributed by atoms with Crippen molar-refractivity contribution in [3.05, 3.63) is 58.6 Å². The summed E-state index contributed by atoms with van der Waals surface area (Å²) in [5.41, 5.74) is 1.24. The predicted octanol–water partition coefficient (Wildman–Crippen LogP) is 4.12. The van der Waals surface area contributed by atoms with Crippen molar-refractivity contribution < 1.29 is 14.3 Å². The van der Waals surface area contributed by atoms with Gasteiger partial charge in [-0.15, -0.1) is 0 Å². The highest BCUT2D eigenvalue weighted by molar-refractivity contribution is 9.10. The molecule has 0 bridgehead atoms. The summed E-state index contributed by atoms with van der Waals surface area (Å²) in [5, 5.41) is 2.87. The van der Waals surface area contributed by atoms with Gasteiger partial charge in [0.15, 0.2) is 0 Å². The number of benzene rings is 2. The Hall–Kier alpha value is -1.85. The second kappa shape index (κ2) is 8.56. The van der Waals surface area contributed by atoms with Crippen LogP contribution in [0.5, 0.6) is 5.75 Å². The molecule has 0 aromatic heterocycles. The molecule has 0 saturated carbocycles. The molecule has 0 saturated heterocycles. The highest BCUT2D eigenvalue weighted by Crippen LogP contribution is 2.24. The minimum absolute atomic E-state index is 0.173. The molecule has 0 unspecified atom stereocenters. The molecule has 1 amide bonds. The van der Waals surface area contributed by atoms with Gasteiger partial charge in [-0.3, -0.25) is 4.79 Å². The number of carbonyl (C=O) groups excluding carboxylic acids is 1. The van der Waals surface area contributed by atoms with Crippen molar-refractivity contribution >= 4 is 27.5 Å². The molecular weight excluding hydrogens is 346 g/mol. The van der Waals surface area contributed by atoms with Crippen molar-refractivity contribution in [3.8, 4) is 5.75 Å². The number of hydrogen-bond acceptors (Lipinski definition) is 3. The fraction of sp³-hybridized carbons (Fsp3) is 0.235. The lowest BCUT2D eigenvalue weighted by molar-refractivity contribution is 0.102. The van der Waals surface area contributed by atoms with E-state index in [1.807, 2.05) is 43.3 Å². The van der Waals surface area contributed by atoms with Crippen LogP contribution in [0.2, 0.25) is 0 Å². The van der Waals surface area contributed by atoms with Gasteiger partial charge in [0.1, 0.15) is 12.4 Å². The lowest BCUT2D eigenvalue weighted by Crippen LogP contribution is -2.14. The molecule has 0 spiro atoms. The number of ether oxygens (including phenoxy) is 2. The number of carbonyl (C=O) groups is 1. The molecule has 0 radical (unpaired) electrons. The van der Waals surface area contributed by atoms with Crippen molar-refractivity contribution in [3.63, 3.8) is 0 Å². The summed E-state index contributed by atoms with van der Waals surface area (Å²) in [4.78, 5) is 12.2. The van der Waals surface area contributed by atoms with Crippen LogP contribution in [-0.4, -0.2) is 25.7 Å². The maximum atomic E-state index is 12.2. The van der Waals surface area contributed by atoms with Crippen molar-refractivity contribution in [2.75, 3.05) is 25.1 Å². The molecule has 2 rings (SSSR count). The molecule has 4 nitrogen and oxygen atoms in total. The Labute approximate surface area is 138 Å². The van der Waals surface area contributed by atoms with Crippen LogP contribution in [0.15, 0.2) is 53.0 Å². The highest BCUT2D eigenvalue weighted by Gasteiger charge is 2.09. The topological polar surface area (TPSA) is 47.6 Å². The molecule has 2 aromatic carbocycles. The Morgan fingerprint density at radius 3 is 2.55 bits per heavy atom. The first kappa shape index (κ1) is 16.5. The monoisotopic (exact) mass is 363 g/mol. The van der Waals surface area contributed by atoms with Gasteiger partial charge >= 0.3 is 0 Å². The van der Waals surface area contributed by atoms with Gasteiger partial charge < -0.3 is 14.8 Å². The largest absolute Gasteiger partial charge is 0.489 e. The minimum atomic E-state index is -0.173. The van der Waals surface area contributed by atoms with E-state index in [4.69, 9.17) is 9.47 Å². The summed E-state index contributed by atoms with van der Waals surface area (Å²) in [5.74, 6) is 0.459. The lowest BCUT2D eigenvalue weighted by Gasteiger charge is -2.12. The van der Waals surface area contributed by atoms with E-state index >= 15 is 0 Å². The number of halogens is 1. The van der Waals surface area contributed by atoms with Gasteiger partial charge in [-0.25, -0.2) is 0 Å². The van der Waals surface area contributed by atoms with Gasteiger partial charge in [0.25, 0.3) is 5.91 Å². The summed E-state index contributed by atoms with van der Waals surface area (Å²) in [7, 11) is 0. The fourth-order valence-corrected chi connectivity index (χ4v) is 2.11. The van der Waals surface area contributed by atoms with Crippen LogP contribution < -0.4 is 10.1 Å². The third-order valence-electron chi connectivity index (χ3n) is 2.93. The zero-order valence-corrected chi connectivity index (χ0v) is 13.9. The van der Waals surface area contributed by atoms with Crippen LogP contribution in [0.4, 0.5) is 5.69 Å². The molecule has 5 heteroatoms. The lowest BCUT2D eigenvalue weighted by atomic mass is 10.2. The third-order valence-corrected chi connectivity index (χ3v) is 3.46. The van der Waals surface area contributed by atoms with Gasteiger partial charge in [0.2, 0.25) is 0 Å². The van der Waals surface area contributed by atoms with E-state index < -0.39 is 0 Å². The average Bonchev–Trinajstić information content (AvgIpc) is 2.53. The SMILES string of the molecule is CCOCCOc1ccccc1NC(=O)c1ccc(Br)cc1. The molecular formula is C17H18BrNO3. The summed E-state index contributed by atoms with van der Waals surface area (Å²) >= 11 is 3.35. The molecule has 0 aliphatic heterocycles. The van der Waals surface area contributed by atoms with Gasteiger partial charge in [0.05, 0.1) is 12.3 Å². The highest BCUT2D eigenvalue weighted by atomic mass is 79.9. The smallest absolute Gasteiger partial charge is 0.255 e. The number of nitrogens with one attached hydrogen (secondary N) is 1. The Morgan fingerprint density at radius 1 is 1.09 bits per heavy atom. The van der Waals surface area contributed by atoms with Crippen molar-refractivity contribution in [1.29, 1.82) is 0 Å². The second-order valence-electron chi connectivity index (χ2n) is 4.50. The summed E-state index contributed by atoms with van der Waals surface area (Å²) in [6.45, 7) is 3.56. The first-order valence-electron chi connectivity index (χ1n) is 7.07. The number of anilines is 1. The first-order valence-corrected chi connectivity index (χ1v) is 7.86. The van der Waals surface area contributed by atoms with E-state index in [2.05, 4.69) is 21.2 Å².